The van der Waals surface area contributed by atoms with Gasteiger partial charge >= 0.3 is 0 Å². The number of para-hydroxylation sites is 1. The van der Waals surface area contributed by atoms with Gasteiger partial charge < -0.3 is 15.1 Å². The lowest BCUT2D eigenvalue weighted by molar-refractivity contribution is -0.125. The van der Waals surface area contributed by atoms with Crippen molar-refractivity contribution in [2.45, 2.75) is 27.2 Å². The van der Waals surface area contributed by atoms with E-state index in [0.717, 1.165) is 22.0 Å². The molecule has 2 aromatic carbocycles. The third-order valence-corrected chi connectivity index (χ3v) is 5.06. The minimum atomic E-state index is -0.427. The first-order valence-corrected chi connectivity index (χ1v) is 9.11. The molecule has 0 saturated heterocycles. The lowest BCUT2D eigenvalue weighted by Gasteiger charge is -2.16. The number of aromatic nitrogens is 2. The van der Waals surface area contributed by atoms with Crippen molar-refractivity contribution >= 4 is 33.3 Å². The Morgan fingerprint density at radius 2 is 1.75 bits per heavy atom. The van der Waals surface area contributed by atoms with Gasteiger partial charge in [0.25, 0.3) is 0 Å². The Morgan fingerprint density at radius 1 is 1.04 bits per heavy atom. The van der Waals surface area contributed by atoms with Crippen LogP contribution in [0.3, 0.4) is 0 Å². The SMILES string of the molecule is CC(C)(C)C(=O)Cc1ccc2[nH]c(O)c(-c3[nH]c4ccccc4c3N=O)c2c1. The van der Waals surface area contributed by atoms with Gasteiger partial charge in [-0.3, -0.25) is 4.79 Å². The van der Waals surface area contributed by atoms with Crippen molar-refractivity contribution in [2.75, 3.05) is 0 Å². The highest BCUT2D eigenvalue weighted by molar-refractivity contribution is 6.07. The Balaban J connectivity index is 1.90. The monoisotopic (exact) mass is 375 g/mol. The molecule has 6 heteroatoms. The van der Waals surface area contributed by atoms with Crippen molar-refractivity contribution in [3.05, 3.63) is 52.9 Å². The van der Waals surface area contributed by atoms with E-state index in [9.17, 15) is 14.8 Å². The van der Waals surface area contributed by atoms with E-state index in [2.05, 4.69) is 15.1 Å². The summed E-state index contributed by atoms with van der Waals surface area (Å²) in [6.07, 6.45) is 0.302. The minimum absolute atomic E-state index is 0.0502. The summed E-state index contributed by atoms with van der Waals surface area (Å²) < 4.78 is 0. The van der Waals surface area contributed by atoms with E-state index in [4.69, 9.17) is 0 Å². The summed E-state index contributed by atoms with van der Waals surface area (Å²) in [4.78, 5) is 30.1. The standard InChI is InChI=1S/C22H21N3O3/c1-22(2,3)17(26)11-12-8-9-16-14(10-12)18(21(27)24-16)20-19(25-28)13-6-4-5-7-15(13)23-20/h4-10,23-24,27H,11H2,1-3H3. The van der Waals surface area contributed by atoms with Gasteiger partial charge in [-0.05, 0) is 28.9 Å². The number of nitrogens with one attached hydrogen (secondary N) is 2. The summed E-state index contributed by atoms with van der Waals surface area (Å²) in [7, 11) is 0. The lowest BCUT2D eigenvalue weighted by Crippen LogP contribution is -2.22. The maximum Gasteiger partial charge on any atom is 0.199 e. The number of ketones is 1. The van der Waals surface area contributed by atoms with Gasteiger partial charge in [0.05, 0.1) is 11.3 Å². The molecule has 0 atom stereocenters. The van der Waals surface area contributed by atoms with Crippen molar-refractivity contribution in [3.8, 4) is 17.1 Å². The number of hydrogen-bond donors (Lipinski definition) is 3. The third-order valence-electron chi connectivity index (χ3n) is 5.06. The molecule has 0 aliphatic heterocycles. The number of hydrogen-bond acceptors (Lipinski definition) is 4. The molecule has 0 bridgehead atoms. The molecule has 0 spiro atoms. The molecule has 0 unspecified atom stereocenters. The largest absolute Gasteiger partial charge is 0.494 e. The van der Waals surface area contributed by atoms with Crippen LogP contribution in [0.2, 0.25) is 0 Å². The Hall–Kier alpha value is -3.41. The third kappa shape index (κ3) is 2.87. The second-order valence-corrected chi connectivity index (χ2v) is 8.06. The summed E-state index contributed by atoms with van der Waals surface area (Å²) in [6, 6.07) is 12.9. The fourth-order valence-electron chi connectivity index (χ4n) is 3.44. The zero-order valence-corrected chi connectivity index (χ0v) is 16.0. The van der Waals surface area contributed by atoms with Gasteiger partial charge in [0, 0.05) is 33.6 Å². The smallest absolute Gasteiger partial charge is 0.199 e. The molecule has 28 heavy (non-hydrogen) atoms. The van der Waals surface area contributed by atoms with Crippen LogP contribution in [0.4, 0.5) is 5.69 Å². The highest BCUT2D eigenvalue weighted by Crippen LogP contribution is 2.44. The first-order chi connectivity index (χ1) is 13.3. The highest BCUT2D eigenvalue weighted by Gasteiger charge is 2.23. The molecule has 2 heterocycles. The van der Waals surface area contributed by atoms with E-state index in [1.165, 1.54) is 0 Å². The van der Waals surface area contributed by atoms with Gasteiger partial charge in [0.1, 0.15) is 11.5 Å². The summed E-state index contributed by atoms with van der Waals surface area (Å²) in [5, 5.41) is 15.2. The number of carbonyl (C=O) groups is 1. The number of aromatic hydroxyl groups is 1. The molecule has 2 aromatic heterocycles. The summed E-state index contributed by atoms with van der Waals surface area (Å²) in [5.41, 5.74) is 3.09. The number of Topliss-reactive ketones (excluding diaryl/α,β-unsaturated/α-hetero) is 1. The molecule has 142 valence electrons. The average Bonchev–Trinajstić information content (AvgIpc) is 3.16. The van der Waals surface area contributed by atoms with Crippen LogP contribution in [0.5, 0.6) is 5.88 Å². The minimum Gasteiger partial charge on any atom is -0.494 e. The summed E-state index contributed by atoms with van der Waals surface area (Å²) in [5.74, 6) is 0.0831. The van der Waals surface area contributed by atoms with Crippen LogP contribution >= 0.6 is 0 Å². The van der Waals surface area contributed by atoms with E-state index in [-0.39, 0.29) is 17.4 Å². The molecule has 0 radical (unpaired) electrons. The van der Waals surface area contributed by atoms with Crippen molar-refractivity contribution < 1.29 is 9.90 Å². The van der Waals surface area contributed by atoms with Gasteiger partial charge in [-0.25, -0.2) is 0 Å². The van der Waals surface area contributed by atoms with Crippen LogP contribution in [-0.2, 0) is 11.2 Å². The Labute approximate surface area is 161 Å². The molecule has 4 aromatic rings. The van der Waals surface area contributed by atoms with Crippen molar-refractivity contribution in [1.29, 1.82) is 0 Å². The molecule has 0 aliphatic rings. The molecule has 6 nitrogen and oxygen atoms in total. The van der Waals surface area contributed by atoms with E-state index < -0.39 is 5.41 Å². The molecule has 4 rings (SSSR count). The number of H-pyrrole nitrogens is 2. The fraction of sp³-hybridized carbons (Fsp3) is 0.227. The van der Waals surface area contributed by atoms with Gasteiger partial charge in [-0.2, -0.15) is 0 Å². The maximum absolute atomic E-state index is 12.4. The zero-order chi connectivity index (χ0) is 20.1. The first-order valence-electron chi connectivity index (χ1n) is 9.11. The van der Waals surface area contributed by atoms with E-state index in [1.807, 2.05) is 63.2 Å². The summed E-state index contributed by atoms with van der Waals surface area (Å²) >= 11 is 0. The van der Waals surface area contributed by atoms with Crippen LogP contribution in [0.25, 0.3) is 33.1 Å². The second kappa shape index (κ2) is 6.34. The Morgan fingerprint density at radius 3 is 2.46 bits per heavy atom. The second-order valence-electron chi connectivity index (χ2n) is 8.06. The molecule has 0 amide bonds. The highest BCUT2D eigenvalue weighted by atomic mass is 16.3. The lowest BCUT2D eigenvalue weighted by atomic mass is 9.87. The molecular weight excluding hydrogens is 354 g/mol. The van der Waals surface area contributed by atoms with Gasteiger partial charge in [0.15, 0.2) is 5.88 Å². The van der Waals surface area contributed by atoms with Crippen molar-refractivity contribution in [1.82, 2.24) is 9.97 Å². The van der Waals surface area contributed by atoms with Gasteiger partial charge in [-0.15, -0.1) is 4.91 Å². The number of carbonyl (C=O) groups excluding carboxylic acids is 1. The van der Waals surface area contributed by atoms with Crippen LogP contribution in [0.1, 0.15) is 26.3 Å². The number of rotatable bonds is 4. The van der Waals surface area contributed by atoms with Crippen LogP contribution in [-0.4, -0.2) is 20.9 Å². The zero-order valence-electron chi connectivity index (χ0n) is 16.0. The van der Waals surface area contributed by atoms with Gasteiger partial charge in [0.2, 0.25) is 0 Å². The molecule has 0 fully saturated rings. The predicted molar refractivity (Wildman–Crippen MR) is 111 cm³/mol. The van der Waals surface area contributed by atoms with Crippen LogP contribution < -0.4 is 0 Å². The Kier molecular flexibility index (Phi) is 4.07. The topological polar surface area (TPSA) is 98.3 Å². The summed E-state index contributed by atoms with van der Waals surface area (Å²) in [6.45, 7) is 5.69. The maximum atomic E-state index is 12.4. The number of nitrogens with zero attached hydrogens (tertiary/aromatic N) is 1. The molecule has 3 N–H and O–H groups in total. The van der Waals surface area contributed by atoms with E-state index in [1.54, 1.807) is 0 Å². The quantitative estimate of drug-likeness (QED) is 0.406. The van der Waals surface area contributed by atoms with Crippen LogP contribution in [0.15, 0.2) is 47.6 Å². The molecule has 0 aliphatic carbocycles. The first kappa shape index (κ1) is 18.0. The van der Waals surface area contributed by atoms with Crippen LogP contribution in [0, 0.1) is 10.3 Å². The fourth-order valence-corrected chi connectivity index (χ4v) is 3.44. The van der Waals surface area contributed by atoms with Crippen molar-refractivity contribution in [2.24, 2.45) is 10.6 Å². The number of nitroso groups, excluding NO2 is 1. The van der Waals surface area contributed by atoms with E-state index >= 15 is 0 Å². The van der Waals surface area contributed by atoms with Crippen molar-refractivity contribution in [3.63, 3.8) is 0 Å². The normalized spacial score (nSPS) is 12.0. The average molecular weight is 375 g/mol. The van der Waals surface area contributed by atoms with E-state index in [0.29, 0.717) is 23.1 Å². The number of aromatic amines is 2. The molecular formula is C22H21N3O3. The predicted octanol–water partition coefficient (Wildman–Crippen LogP) is 5.58. The Bertz CT molecular complexity index is 1230. The number of benzene rings is 2. The molecule has 0 saturated carbocycles. The number of fused-ring (bicyclic) bond motifs is 2. The van der Waals surface area contributed by atoms with Gasteiger partial charge in [-0.1, -0.05) is 45.0 Å².